The van der Waals surface area contributed by atoms with Crippen LogP contribution >= 0.6 is 0 Å². The molecule has 1 saturated carbocycles. The fourth-order valence-corrected chi connectivity index (χ4v) is 7.56. The fourth-order valence-electron chi connectivity index (χ4n) is 7.56. The van der Waals surface area contributed by atoms with Crippen molar-refractivity contribution in [3.05, 3.63) is 57.7 Å². The van der Waals surface area contributed by atoms with Crippen LogP contribution in [0.25, 0.3) is 0 Å². The number of nitrogens with zero attached hydrogens (tertiary/aromatic N) is 2. The van der Waals surface area contributed by atoms with Crippen molar-refractivity contribution >= 4 is 0 Å². The zero-order valence-corrected chi connectivity index (χ0v) is 25.6. The van der Waals surface area contributed by atoms with Crippen molar-refractivity contribution in [2.24, 2.45) is 11.3 Å². The molecule has 0 bridgehead atoms. The summed E-state index contributed by atoms with van der Waals surface area (Å²) >= 11 is 0. The Balaban J connectivity index is 0.000000611. The average molecular weight is 603 g/mol. The molecule has 2 saturated heterocycles. The lowest BCUT2D eigenvalue weighted by molar-refractivity contribution is -0.138. The number of rotatable bonds is 3. The summed E-state index contributed by atoms with van der Waals surface area (Å²) in [6, 6.07) is 2.51. The highest BCUT2D eigenvalue weighted by molar-refractivity contribution is 5.54. The third kappa shape index (κ3) is 5.87. The highest BCUT2D eigenvalue weighted by Gasteiger charge is 2.54. The molecule has 0 amide bonds. The number of aliphatic hydroxyl groups excluding tert-OH is 1. The molecule has 2 atom stereocenters. The molecule has 6 nitrogen and oxygen atoms in total. The lowest BCUT2D eigenvalue weighted by Crippen LogP contribution is -2.41. The minimum absolute atomic E-state index is 0.122. The second kappa shape index (κ2) is 12.0. The Morgan fingerprint density at radius 1 is 1.00 bits per heavy atom. The SMILES string of the molecule is CCC(C)C.OC1CC2(CCC2)Cc2nc(C3CCOCC3)c3c(c21)C1(CCOCC1)OC3c1ccc(C(F)(F)F)cn1. The quantitative estimate of drug-likeness (QED) is 0.388. The van der Waals surface area contributed by atoms with Crippen LogP contribution in [0.5, 0.6) is 0 Å². The van der Waals surface area contributed by atoms with Gasteiger partial charge in [-0.3, -0.25) is 9.97 Å². The van der Waals surface area contributed by atoms with Gasteiger partial charge in [-0.05, 0) is 67.6 Å². The molecule has 5 aliphatic rings. The summed E-state index contributed by atoms with van der Waals surface area (Å²) in [7, 11) is 0. The lowest BCUT2D eigenvalue weighted by Gasteiger charge is -2.48. The number of hydrogen-bond acceptors (Lipinski definition) is 6. The van der Waals surface area contributed by atoms with Crippen LogP contribution in [0.4, 0.5) is 13.2 Å². The molecule has 2 spiro atoms. The van der Waals surface area contributed by atoms with Gasteiger partial charge in [0.1, 0.15) is 6.10 Å². The summed E-state index contributed by atoms with van der Waals surface area (Å²) in [6.07, 6.45) is 4.36. The molecule has 5 heterocycles. The molecule has 2 aliphatic carbocycles. The van der Waals surface area contributed by atoms with E-state index in [0.717, 1.165) is 84.8 Å². The van der Waals surface area contributed by atoms with E-state index in [2.05, 4.69) is 25.8 Å². The zero-order chi connectivity index (χ0) is 30.4. The molecule has 9 heteroatoms. The number of aromatic nitrogens is 2. The van der Waals surface area contributed by atoms with Crippen LogP contribution in [-0.4, -0.2) is 41.5 Å². The van der Waals surface area contributed by atoms with Crippen LogP contribution in [0.1, 0.15) is 136 Å². The lowest BCUT2D eigenvalue weighted by atomic mass is 9.58. The summed E-state index contributed by atoms with van der Waals surface area (Å²) in [5.74, 6) is 1.05. The van der Waals surface area contributed by atoms with Crippen LogP contribution in [0, 0.1) is 11.3 Å². The van der Waals surface area contributed by atoms with Gasteiger partial charge in [0.15, 0.2) is 0 Å². The summed E-state index contributed by atoms with van der Waals surface area (Å²) in [6.45, 7) is 8.99. The molecule has 0 aromatic carbocycles. The van der Waals surface area contributed by atoms with Crippen LogP contribution in [0.3, 0.4) is 0 Å². The van der Waals surface area contributed by atoms with Gasteiger partial charge in [-0.2, -0.15) is 13.2 Å². The van der Waals surface area contributed by atoms with Gasteiger partial charge >= 0.3 is 6.18 Å². The molecule has 0 radical (unpaired) electrons. The number of aliphatic hydroxyl groups is 1. The molecular weight excluding hydrogens is 557 g/mol. The van der Waals surface area contributed by atoms with Gasteiger partial charge in [-0.25, -0.2) is 0 Å². The zero-order valence-electron chi connectivity index (χ0n) is 25.6. The van der Waals surface area contributed by atoms with Crippen molar-refractivity contribution in [2.45, 2.75) is 115 Å². The van der Waals surface area contributed by atoms with E-state index in [1.807, 2.05) is 0 Å². The molecule has 3 fully saturated rings. The molecule has 43 heavy (non-hydrogen) atoms. The summed E-state index contributed by atoms with van der Waals surface area (Å²) in [5, 5.41) is 11.6. The molecule has 2 unspecified atom stereocenters. The Hall–Kier alpha value is -2.07. The molecular formula is C34H45F3N2O4. The second-order valence-corrected chi connectivity index (χ2v) is 13.7. The molecule has 1 N–H and O–H groups in total. The smallest absolute Gasteiger partial charge is 0.388 e. The number of fused-ring (bicyclic) bond motifs is 4. The Morgan fingerprint density at radius 3 is 2.23 bits per heavy atom. The molecule has 3 aliphatic heterocycles. The largest absolute Gasteiger partial charge is 0.417 e. The Bertz CT molecular complexity index is 1280. The summed E-state index contributed by atoms with van der Waals surface area (Å²) < 4.78 is 58.3. The molecule has 2 aromatic rings. The van der Waals surface area contributed by atoms with Crippen molar-refractivity contribution < 1.29 is 32.5 Å². The van der Waals surface area contributed by atoms with Crippen molar-refractivity contribution in [2.75, 3.05) is 26.4 Å². The van der Waals surface area contributed by atoms with E-state index >= 15 is 0 Å². The van der Waals surface area contributed by atoms with E-state index in [0.29, 0.717) is 45.0 Å². The predicted octanol–water partition coefficient (Wildman–Crippen LogP) is 7.72. The monoisotopic (exact) mass is 602 g/mol. The van der Waals surface area contributed by atoms with Gasteiger partial charge < -0.3 is 19.3 Å². The highest BCUT2D eigenvalue weighted by Crippen LogP contribution is 2.60. The van der Waals surface area contributed by atoms with E-state index in [-0.39, 0.29) is 11.3 Å². The number of ether oxygens (including phenoxy) is 3. The van der Waals surface area contributed by atoms with E-state index in [9.17, 15) is 18.3 Å². The van der Waals surface area contributed by atoms with Crippen molar-refractivity contribution in [1.29, 1.82) is 0 Å². The van der Waals surface area contributed by atoms with Gasteiger partial charge in [-0.15, -0.1) is 0 Å². The third-order valence-corrected chi connectivity index (χ3v) is 10.5. The molecule has 7 rings (SSSR count). The van der Waals surface area contributed by atoms with E-state index < -0.39 is 29.5 Å². The minimum atomic E-state index is -4.46. The fraction of sp³-hybridized carbons (Fsp3) is 0.706. The summed E-state index contributed by atoms with van der Waals surface area (Å²) in [5.41, 5.74) is 3.87. The first kappa shape index (κ1) is 30.9. The van der Waals surface area contributed by atoms with Crippen LogP contribution in [0.15, 0.2) is 18.3 Å². The van der Waals surface area contributed by atoms with Crippen LogP contribution in [0.2, 0.25) is 0 Å². The average Bonchev–Trinajstić information content (AvgIpc) is 3.30. The Morgan fingerprint density at radius 2 is 1.67 bits per heavy atom. The first-order valence-electron chi connectivity index (χ1n) is 16.2. The molecule has 2 aromatic heterocycles. The van der Waals surface area contributed by atoms with Gasteiger partial charge in [0.2, 0.25) is 0 Å². The number of hydrogen-bond donors (Lipinski definition) is 1. The van der Waals surface area contributed by atoms with Crippen molar-refractivity contribution in [1.82, 2.24) is 9.97 Å². The normalized spacial score (nSPS) is 26.0. The number of alkyl halides is 3. The topological polar surface area (TPSA) is 73.7 Å². The van der Waals surface area contributed by atoms with Gasteiger partial charge in [0.25, 0.3) is 0 Å². The van der Waals surface area contributed by atoms with Gasteiger partial charge in [0, 0.05) is 68.2 Å². The number of pyridine rings is 2. The standard InChI is InChI=1S/C29H33F3N2O4.C5H12/c30-29(31,32)18-2-3-19(33-16-18)26-23-24(28(38-26)8-12-37-13-9-28)22-20(14-27(6-1-7-27)15-21(22)35)34-25(23)17-4-10-36-11-5-17;1-4-5(2)3/h2-3,16-17,21,26,35H,1,4-15H2;5H,4H2,1-3H3. The molecule has 236 valence electrons. The Kier molecular flexibility index (Phi) is 8.65. The Labute approximate surface area is 252 Å². The minimum Gasteiger partial charge on any atom is -0.388 e. The predicted molar refractivity (Wildman–Crippen MR) is 156 cm³/mol. The van der Waals surface area contributed by atoms with Crippen molar-refractivity contribution in [3.8, 4) is 0 Å². The van der Waals surface area contributed by atoms with Gasteiger partial charge in [0.05, 0.1) is 28.7 Å². The first-order chi connectivity index (χ1) is 20.6. The van der Waals surface area contributed by atoms with E-state index in [1.54, 1.807) is 0 Å². The maximum atomic E-state index is 13.3. The van der Waals surface area contributed by atoms with E-state index in [1.165, 1.54) is 18.9 Å². The maximum Gasteiger partial charge on any atom is 0.417 e. The first-order valence-corrected chi connectivity index (χ1v) is 16.2. The summed E-state index contributed by atoms with van der Waals surface area (Å²) in [4.78, 5) is 9.59. The number of halogens is 3. The van der Waals surface area contributed by atoms with Crippen molar-refractivity contribution in [3.63, 3.8) is 0 Å². The second-order valence-electron chi connectivity index (χ2n) is 13.7. The van der Waals surface area contributed by atoms with Gasteiger partial charge in [-0.1, -0.05) is 33.6 Å². The van der Waals surface area contributed by atoms with Crippen LogP contribution in [-0.2, 0) is 32.4 Å². The highest BCUT2D eigenvalue weighted by atomic mass is 19.4. The van der Waals surface area contributed by atoms with Crippen LogP contribution < -0.4 is 0 Å². The third-order valence-electron chi connectivity index (χ3n) is 10.5. The maximum absolute atomic E-state index is 13.3. The van der Waals surface area contributed by atoms with E-state index in [4.69, 9.17) is 19.2 Å².